The molecule has 0 saturated heterocycles. The zero-order valence-corrected chi connectivity index (χ0v) is 14.7. The van der Waals surface area contributed by atoms with Gasteiger partial charge in [-0.15, -0.1) is 10.2 Å². The number of pyridine rings is 1. The van der Waals surface area contributed by atoms with E-state index >= 15 is 0 Å². The molecule has 0 saturated carbocycles. The maximum Gasteiger partial charge on any atom is 0.277 e. The highest BCUT2D eigenvalue weighted by atomic mass is 35.5. The highest BCUT2D eigenvalue weighted by Crippen LogP contribution is 2.25. The van der Waals surface area contributed by atoms with Crippen LogP contribution in [-0.4, -0.2) is 34.0 Å². The lowest BCUT2D eigenvalue weighted by atomic mass is 10.2. The van der Waals surface area contributed by atoms with Crippen LogP contribution in [0.2, 0.25) is 5.02 Å². The van der Waals surface area contributed by atoms with E-state index in [1.165, 1.54) is 6.20 Å². The average molecular weight is 377 g/mol. The molecule has 2 aromatic heterocycles. The Morgan fingerprint density at radius 2 is 2.20 bits per heavy atom. The molecule has 3 rings (SSSR count). The van der Waals surface area contributed by atoms with Crippen molar-refractivity contribution in [3.05, 3.63) is 47.6 Å². The van der Waals surface area contributed by atoms with E-state index in [0.717, 1.165) is 17.3 Å². The van der Waals surface area contributed by atoms with Crippen molar-refractivity contribution in [3.8, 4) is 17.2 Å². The first-order valence-corrected chi connectivity index (χ1v) is 8.52. The summed E-state index contributed by atoms with van der Waals surface area (Å²) in [5.74, 6) is 1.36. The van der Waals surface area contributed by atoms with Gasteiger partial charge < -0.3 is 14.5 Å². The molecule has 0 aliphatic carbocycles. The Labute approximate surface area is 152 Å². The second-order valence-electron chi connectivity index (χ2n) is 4.80. The van der Waals surface area contributed by atoms with Crippen LogP contribution in [-0.2, 0) is 4.79 Å². The summed E-state index contributed by atoms with van der Waals surface area (Å²) in [6.45, 7) is 0. The number of nitrogens with one attached hydrogen (secondary N) is 1. The number of amides is 1. The van der Waals surface area contributed by atoms with Crippen LogP contribution in [0, 0.1) is 0 Å². The van der Waals surface area contributed by atoms with Crippen LogP contribution in [0.15, 0.2) is 52.2 Å². The van der Waals surface area contributed by atoms with Gasteiger partial charge in [-0.3, -0.25) is 4.79 Å². The van der Waals surface area contributed by atoms with E-state index in [0.29, 0.717) is 27.7 Å². The number of nitrogens with zero attached hydrogens (tertiary/aromatic N) is 3. The molecule has 0 radical (unpaired) electrons. The molecule has 2 heterocycles. The molecule has 128 valence electrons. The molecule has 0 aliphatic heterocycles. The van der Waals surface area contributed by atoms with E-state index in [1.54, 1.807) is 25.3 Å². The molecule has 0 spiro atoms. The molecule has 0 bridgehead atoms. The second kappa shape index (κ2) is 8.00. The van der Waals surface area contributed by atoms with Crippen molar-refractivity contribution >= 4 is 35.1 Å². The lowest BCUT2D eigenvalue weighted by Gasteiger charge is -2.02. The fourth-order valence-corrected chi connectivity index (χ4v) is 2.57. The van der Waals surface area contributed by atoms with Gasteiger partial charge in [0.25, 0.3) is 5.22 Å². The molecule has 0 fully saturated rings. The van der Waals surface area contributed by atoms with Gasteiger partial charge >= 0.3 is 0 Å². The van der Waals surface area contributed by atoms with Crippen LogP contribution >= 0.6 is 23.4 Å². The number of methoxy groups -OCH3 is 1. The lowest BCUT2D eigenvalue weighted by molar-refractivity contribution is -0.113. The van der Waals surface area contributed by atoms with E-state index in [4.69, 9.17) is 20.8 Å². The minimum atomic E-state index is -0.235. The van der Waals surface area contributed by atoms with E-state index in [2.05, 4.69) is 20.5 Å². The van der Waals surface area contributed by atoms with Crippen molar-refractivity contribution in [1.82, 2.24) is 15.2 Å². The summed E-state index contributed by atoms with van der Waals surface area (Å²) < 4.78 is 10.7. The first kappa shape index (κ1) is 17.2. The minimum absolute atomic E-state index is 0.115. The molecule has 1 N–H and O–H groups in total. The Kier molecular flexibility index (Phi) is 5.52. The van der Waals surface area contributed by atoms with Gasteiger partial charge in [0.1, 0.15) is 11.6 Å². The molecule has 1 aromatic carbocycles. The molecule has 0 unspecified atom stereocenters. The number of halogens is 1. The third kappa shape index (κ3) is 4.71. The summed E-state index contributed by atoms with van der Waals surface area (Å²) >= 11 is 6.89. The number of thioether (sulfide) groups is 1. The zero-order chi connectivity index (χ0) is 17.6. The average Bonchev–Trinajstić information content (AvgIpc) is 3.11. The van der Waals surface area contributed by atoms with Gasteiger partial charge in [-0.05, 0) is 30.3 Å². The molecule has 0 aliphatic rings. The van der Waals surface area contributed by atoms with Crippen LogP contribution in [0.1, 0.15) is 0 Å². The number of benzene rings is 1. The Morgan fingerprint density at radius 3 is 2.96 bits per heavy atom. The van der Waals surface area contributed by atoms with E-state index in [-0.39, 0.29) is 11.7 Å². The van der Waals surface area contributed by atoms with Gasteiger partial charge in [0.2, 0.25) is 11.8 Å². The number of ether oxygens (including phenoxy) is 1. The highest BCUT2D eigenvalue weighted by Gasteiger charge is 2.12. The minimum Gasteiger partial charge on any atom is -0.497 e. The molecule has 3 aromatic rings. The first-order valence-electron chi connectivity index (χ1n) is 7.16. The fraction of sp³-hybridized carbons (Fsp3) is 0.125. The summed E-state index contributed by atoms with van der Waals surface area (Å²) in [6.07, 6.45) is 1.46. The molecule has 0 atom stereocenters. The third-order valence-corrected chi connectivity index (χ3v) is 4.09. The van der Waals surface area contributed by atoms with Crippen molar-refractivity contribution in [2.45, 2.75) is 5.22 Å². The first-order chi connectivity index (χ1) is 12.1. The Balaban J connectivity index is 1.57. The number of rotatable bonds is 6. The molecule has 9 heteroatoms. The van der Waals surface area contributed by atoms with Gasteiger partial charge in [0.05, 0.1) is 17.9 Å². The van der Waals surface area contributed by atoms with Gasteiger partial charge in [0.15, 0.2) is 0 Å². The van der Waals surface area contributed by atoms with E-state index in [1.807, 2.05) is 18.2 Å². The summed E-state index contributed by atoms with van der Waals surface area (Å²) in [5.41, 5.74) is 0.744. The number of carbonyl (C=O) groups excluding carboxylic acids is 1. The Hall–Kier alpha value is -2.58. The van der Waals surface area contributed by atoms with Crippen LogP contribution < -0.4 is 10.1 Å². The topological polar surface area (TPSA) is 90.1 Å². The molecule has 1 amide bonds. The van der Waals surface area contributed by atoms with Crippen molar-refractivity contribution in [2.24, 2.45) is 0 Å². The van der Waals surface area contributed by atoms with E-state index < -0.39 is 0 Å². The zero-order valence-electron chi connectivity index (χ0n) is 13.1. The molecule has 7 nitrogen and oxygen atoms in total. The van der Waals surface area contributed by atoms with E-state index in [9.17, 15) is 4.79 Å². The van der Waals surface area contributed by atoms with Crippen molar-refractivity contribution in [1.29, 1.82) is 0 Å². The van der Waals surface area contributed by atoms with Crippen LogP contribution in [0.25, 0.3) is 11.5 Å². The third-order valence-electron chi connectivity index (χ3n) is 3.04. The summed E-state index contributed by atoms with van der Waals surface area (Å²) in [7, 11) is 1.59. The molecular weight excluding hydrogens is 364 g/mol. The Bertz CT molecular complexity index is 870. The smallest absolute Gasteiger partial charge is 0.277 e. The van der Waals surface area contributed by atoms with Crippen molar-refractivity contribution in [3.63, 3.8) is 0 Å². The van der Waals surface area contributed by atoms with Gasteiger partial charge in [-0.2, -0.15) is 0 Å². The maximum absolute atomic E-state index is 11.9. The Morgan fingerprint density at radius 1 is 1.32 bits per heavy atom. The summed E-state index contributed by atoms with van der Waals surface area (Å²) in [4.78, 5) is 15.9. The standard InChI is InChI=1S/C16H13ClN4O3S/c1-23-12-4-2-3-10(7-12)15-20-21-16(24-15)25-9-14(22)19-13-6-5-11(17)8-18-13/h2-8H,9H2,1H3,(H,18,19,22). The van der Waals surface area contributed by atoms with Crippen molar-refractivity contribution < 1.29 is 13.9 Å². The number of hydrogen-bond donors (Lipinski definition) is 1. The van der Waals surface area contributed by atoms with Gasteiger partial charge in [-0.1, -0.05) is 29.4 Å². The monoisotopic (exact) mass is 376 g/mol. The predicted octanol–water partition coefficient (Wildman–Crippen LogP) is 3.52. The summed E-state index contributed by atoms with van der Waals surface area (Å²) in [6, 6.07) is 10.6. The highest BCUT2D eigenvalue weighted by molar-refractivity contribution is 7.99. The van der Waals surface area contributed by atoms with Crippen LogP contribution in [0.4, 0.5) is 5.82 Å². The second-order valence-corrected chi connectivity index (χ2v) is 6.17. The van der Waals surface area contributed by atoms with Crippen LogP contribution in [0.3, 0.4) is 0 Å². The van der Waals surface area contributed by atoms with Crippen LogP contribution in [0.5, 0.6) is 5.75 Å². The molecule has 25 heavy (non-hydrogen) atoms. The number of aromatic nitrogens is 3. The SMILES string of the molecule is COc1cccc(-c2nnc(SCC(=O)Nc3ccc(Cl)cn3)o2)c1. The maximum atomic E-state index is 11.9. The van der Waals surface area contributed by atoms with Crippen molar-refractivity contribution in [2.75, 3.05) is 18.2 Å². The lowest BCUT2D eigenvalue weighted by Crippen LogP contribution is -2.14. The van der Waals surface area contributed by atoms with Gasteiger partial charge in [-0.25, -0.2) is 4.98 Å². The fourth-order valence-electron chi connectivity index (χ4n) is 1.90. The number of carbonyl (C=O) groups is 1. The number of anilines is 1. The number of hydrogen-bond acceptors (Lipinski definition) is 7. The quantitative estimate of drug-likeness (QED) is 0.658. The largest absolute Gasteiger partial charge is 0.497 e. The predicted molar refractivity (Wildman–Crippen MR) is 94.9 cm³/mol. The summed E-state index contributed by atoms with van der Waals surface area (Å²) in [5, 5.41) is 11.4. The van der Waals surface area contributed by atoms with Gasteiger partial charge in [0, 0.05) is 11.8 Å². The normalized spacial score (nSPS) is 10.5. The molecular formula is C16H13ClN4O3S.